The quantitative estimate of drug-likeness (QED) is 0.172. The predicted octanol–water partition coefficient (Wildman–Crippen LogP) is 5.77. The number of benzene rings is 2. The standard InChI is InChI=1S/C14H18ClNO4.C11H12ClNO7.C10H18O3/c1-8-7-19-14(10(3)9(8)2)20-13-5-4-11(16(17)18)6-12(13)15;12-6-3-5(13(17)18)1-2-8(6)20-11-10(16)9(15)7(14)4-19-11;1-6-5-12-10(13-9(4)11)8(3)7(6)2/h4-6,8-10,14H,7H2,1-3H3;1-3,7,9-11,14-16H,4H2;6-8,10H,5H2,1-4H3/t8-,9+,10?,14+;7-,9+,10?,11+;6-,7+,8?,10?/m111/s1. The van der Waals surface area contributed by atoms with Gasteiger partial charge in [-0.3, -0.25) is 25.0 Å². The Morgan fingerprint density at radius 1 is 0.679 bits per heavy atom. The Kier molecular flexibility index (Phi) is 16.5. The SMILES string of the molecule is CC(=O)OC1OC[C@@H](C)[C@H](C)C1C.CC1[C@H](Oc2ccc([N+](=O)[O-])cc2Cl)OC[C@@H](C)[C@@H]1C.O=[N+]([O-])c1ccc(O[C@@H]2OC[C@@H](O)[C@H](O)C2O)c(Cl)c1. The molecule has 3 aliphatic heterocycles. The van der Waals surface area contributed by atoms with Crippen LogP contribution in [0.4, 0.5) is 11.4 Å². The average Bonchev–Trinajstić information content (AvgIpc) is 3.10. The second kappa shape index (κ2) is 19.8. The van der Waals surface area contributed by atoms with Gasteiger partial charge in [0, 0.05) is 43.0 Å². The summed E-state index contributed by atoms with van der Waals surface area (Å²) < 4.78 is 32.3. The highest BCUT2D eigenvalue weighted by Gasteiger charge is 2.39. The Labute approximate surface area is 317 Å². The molecule has 0 aliphatic carbocycles. The molecule has 0 amide bonds. The number of aliphatic hydroxyl groups excluding tert-OH is 3. The van der Waals surface area contributed by atoms with E-state index in [-0.39, 0.29) is 64.2 Å². The zero-order valence-electron chi connectivity index (χ0n) is 30.5. The molecule has 4 unspecified atom stereocenters. The lowest BCUT2D eigenvalue weighted by molar-refractivity contribution is -0.385. The van der Waals surface area contributed by atoms with Crippen molar-refractivity contribution in [3.8, 4) is 11.5 Å². The fourth-order valence-corrected chi connectivity index (χ4v) is 6.05. The van der Waals surface area contributed by atoms with Gasteiger partial charge in [0.2, 0.25) is 18.9 Å². The first kappa shape index (κ1) is 44.0. The van der Waals surface area contributed by atoms with Crippen LogP contribution in [0.2, 0.25) is 10.0 Å². The van der Waals surface area contributed by atoms with E-state index >= 15 is 0 Å². The predicted molar refractivity (Wildman–Crippen MR) is 191 cm³/mol. The highest BCUT2D eigenvalue weighted by molar-refractivity contribution is 6.32. The first-order valence-corrected chi connectivity index (χ1v) is 17.8. The van der Waals surface area contributed by atoms with Crippen LogP contribution in [0.25, 0.3) is 0 Å². The Bertz CT molecular complexity index is 1460. The summed E-state index contributed by atoms with van der Waals surface area (Å²) >= 11 is 11.8. The highest BCUT2D eigenvalue weighted by atomic mass is 35.5. The summed E-state index contributed by atoms with van der Waals surface area (Å²) in [5.74, 6) is 2.76. The topological polar surface area (TPSA) is 219 Å². The molecule has 3 fully saturated rings. The van der Waals surface area contributed by atoms with Crippen LogP contribution in [-0.2, 0) is 23.7 Å². The number of carbonyl (C=O) groups is 1. The minimum Gasteiger partial charge on any atom is -0.463 e. The molecule has 0 radical (unpaired) electrons. The molecule has 0 bridgehead atoms. The summed E-state index contributed by atoms with van der Waals surface area (Å²) in [6.45, 7) is 15.3. The molecule has 16 nitrogen and oxygen atoms in total. The number of carbonyl (C=O) groups excluding carboxylic acids is 1. The van der Waals surface area contributed by atoms with Crippen LogP contribution in [0, 0.1) is 55.7 Å². The molecular weight excluding hydrogens is 743 g/mol. The van der Waals surface area contributed by atoms with E-state index < -0.39 is 34.4 Å². The van der Waals surface area contributed by atoms with Crippen molar-refractivity contribution in [1.82, 2.24) is 0 Å². The molecule has 3 aliphatic rings. The normalized spacial score (nSPS) is 32.5. The van der Waals surface area contributed by atoms with E-state index in [1.807, 2.05) is 0 Å². The first-order valence-electron chi connectivity index (χ1n) is 17.1. The van der Waals surface area contributed by atoms with Gasteiger partial charge in [0.25, 0.3) is 11.4 Å². The molecule has 0 saturated carbocycles. The van der Waals surface area contributed by atoms with E-state index in [1.54, 1.807) is 0 Å². The molecule has 3 saturated heterocycles. The lowest BCUT2D eigenvalue weighted by atomic mass is 9.83. The third-order valence-electron chi connectivity index (χ3n) is 9.83. The second-order valence-corrected chi connectivity index (χ2v) is 14.4. The summed E-state index contributed by atoms with van der Waals surface area (Å²) in [5, 5.41) is 49.9. The molecule has 0 aromatic heterocycles. The van der Waals surface area contributed by atoms with Crippen molar-refractivity contribution in [2.24, 2.45) is 35.5 Å². The maximum absolute atomic E-state index is 10.7. The Hall–Kier alpha value is -3.35. The van der Waals surface area contributed by atoms with Crippen LogP contribution in [-0.4, -0.2) is 88.1 Å². The van der Waals surface area contributed by atoms with Gasteiger partial charge in [-0.15, -0.1) is 0 Å². The lowest BCUT2D eigenvalue weighted by Crippen LogP contribution is -2.54. The average molecular weight is 792 g/mol. The molecule has 2 aromatic rings. The zero-order chi connectivity index (χ0) is 39.7. The number of hydrogen-bond donors (Lipinski definition) is 3. The minimum atomic E-state index is -1.47. The summed E-state index contributed by atoms with van der Waals surface area (Å²) in [6.07, 6.45) is -6.04. The van der Waals surface area contributed by atoms with Crippen molar-refractivity contribution in [3.05, 3.63) is 66.7 Å². The first-order chi connectivity index (χ1) is 24.8. The molecule has 12 atom stereocenters. The summed E-state index contributed by atoms with van der Waals surface area (Å²) in [7, 11) is 0. The molecule has 5 rings (SSSR count). The number of ether oxygens (including phenoxy) is 6. The highest BCUT2D eigenvalue weighted by Crippen LogP contribution is 2.36. The molecule has 3 N–H and O–H groups in total. The molecule has 2 aromatic carbocycles. The van der Waals surface area contributed by atoms with Gasteiger partial charge >= 0.3 is 5.97 Å². The lowest BCUT2D eigenvalue weighted by Gasteiger charge is -2.38. The van der Waals surface area contributed by atoms with Gasteiger partial charge in [-0.05, 0) is 35.8 Å². The van der Waals surface area contributed by atoms with E-state index in [0.717, 1.165) is 6.07 Å². The van der Waals surface area contributed by atoms with Crippen molar-refractivity contribution in [2.45, 2.75) is 85.6 Å². The fraction of sp³-hybridized carbons (Fsp3) is 0.629. The van der Waals surface area contributed by atoms with E-state index in [0.29, 0.717) is 42.6 Å². The summed E-state index contributed by atoms with van der Waals surface area (Å²) in [6, 6.07) is 7.71. The number of aliphatic hydroxyl groups is 3. The zero-order valence-corrected chi connectivity index (χ0v) is 32.0. The van der Waals surface area contributed by atoms with Crippen molar-refractivity contribution in [2.75, 3.05) is 19.8 Å². The van der Waals surface area contributed by atoms with E-state index in [2.05, 4.69) is 41.5 Å². The van der Waals surface area contributed by atoms with Gasteiger partial charge < -0.3 is 43.7 Å². The van der Waals surface area contributed by atoms with E-state index in [4.69, 9.17) is 51.6 Å². The largest absolute Gasteiger partial charge is 0.463 e. The van der Waals surface area contributed by atoms with Gasteiger partial charge in [0.1, 0.15) is 29.8 Å². The third kappa shape index (κ3) is 12.1. The van der Waals surface area contributed by atoms with Crippen LogP contribution in [0.5, 0.6) is 11.5 Å². The molecule has 53 heavy (non-hydrogen) atoms. The van der Waals surface area contributed by atoms with Crippen LogP contribution in [0.15, 0.2) is 36.4 Å². The van der Waals surface area contributed by atoms with Gasteiger partial charge in [0.15, 0.2) is 0 Å². The third-order valence-corrected chi connectivity index (χ3v) is 10.4. The van der Waals surface area contributed by atoms with Gasteiger partial charge in [-0.1, -0.05) is 64.7 Å². The van der Waals surface area contributed by atoms with E-state index in [1.165, 1.54) is 37.3 Å². The summed E-state index contributed by atoms with van der Waals surface area (Å²) in [4.78, 5) is 30.9. The maximum atomic E-state index is 10.7. The number of esters is 1. The van der Waals surface area contributed by atoms with Crippen molar-refractivity contribution in [3.63, 3.8) is 0 Å². The second-order valence-electron chi connectivity index (χ2n) is 13.6. The Morgan fingerprint density at radius 2 is 1.09 bits per heavy atom. The Balaban J connectivity index is 0.000000220. The van der Waals surface area contributed by atoms with Crippen LogP contribution < -0.4 is 9.47 Å². The number of halogens is 2. The fourth-order valence-electron chi connectivity index (χ4n) is 5.61. The number of non-ortho nitro benzene ring substituents is 2. The van der Waals surface area contributed by atoms with Crippen LogP contribution in [0.3, 0.4) is 0 Å². The van der Waals surface area contributed by atoms with Crippen LogP contribution >= 0.6 is 23.2 Å². The monoisotopic (exact) mass is 790 g/mol. The Morgan fingerprint density at radius 3 is 1.53 bits per heavy atom. The maximum Gasteiger partial charge on any atom is 0.304 e. The smallest absolute Gasteiger partial charge is 0.304 e. The number of nitro groups is 2. The molecular formula is C35H48Cl2N2O14. The number of rotatable bonds is 7. The van der Waals surface area contributed by atoms with Crippen LogP contribution in [0.1, 0.15) is 48.5 Å². The molecule has 3 heterocycles. The molecule has 18 heteroatoms. The van der Waals surface area contributed by atoms with Gasteiger partial charge in [-0.2, -0.15) is 0 Å². The van der Waals surface area contributed by atoms with Crippen molar-refractivity contribution in [1.29, 1.82) is 0 Å². The number of nitro benzene ring substituents is 2. The minimum absolute atomic E-state index is 0.0318. The van der Waals surface area contributed by atoms with Gasteiger partial charge in [0.05, 0.1) is 39.7 Å². The number of hydrogen-bond acceptors (Lipinski definition) is 14. The van der Waals surface area contributed by atoms with E-state index in [9.17, 15) is 40.3 Å². The van der Waals surface area contributed by atoms with Crippen molar-refractivity contribution >= 4 is 40.5 Å². The number of nitrogens with zero attached hydrogens (tertiary/aromatic N) is 2. The van der Waals surface area contributed by atoms with Crippen molar-refractivity contribution < 1.29 is 58.4 Å². The summed E-state index contributed by atoms with van der Waals surface area (Å²) in [5.41, 5.74) is -0.259. The molecule has 0 spiro atoms. The van der Waals surface area contributed by atoms with Gasteiger partial charge in [-0.25, -0.2) is 0 Å². The molecule has 296 valence electrons.